The molecule has 0 saturated heterocycles. The summed E-state index contributed by atoms with van der Waals surface area (Å²) in [6.45, 7) is 10.4. The fourth-order valence-corrected chi connectivity index (χ4v) is 5.79. The van der Waals surface area contributed by atoms with Gasteiger partial charge in [0, 0.05) is 29.7 Å². The van der Waals surface area contributed by atoms with Crippen LogP contribution >= 0.6 is 28.7 Å². The highest BCUT2D eigenvalue weighted by Crippen LogP contribution is 2.34. The van der Waals surface area contributed by atoms with E-state index in [1.807, 2.05) is 30.3 Å². The molecule has 0 aromatic heterocycles. The molecule has 2 N–H and O–H groups in total. The van der Waals surface area contributed by atoms with Gasteiger partial charge in [0.1, 0.15) is 5.75 Å². The normalized spacial score (nSPS) is 12.7. The summed E-state index contributed by atoms with van der Waals surface area (Å²) in [5.74, 6) is 1.90. The molecule has 2 amide bonds. The number of unbranched alkanes of at least 4 members (excludes halogenated alkanes) is 11. The van der Waals surface area contributed by atoms with E-state index in [0.717, 1.165) is 48.1 Å². The molecule has 3 rings (SSSR count). The Hall–Kier alpha value is -2.12. The molecule has 0 spiro atoms. The summed E-state index contributed by atoms with van der Waals surface area (Å²) < 4.78 is 6.23. The van der Waals surface area contributed by atoms with Crippen molar-refractivity contribution in [2.75, 3.05) is 23.1 Å². The van der Waals surface area contributed by atoms with Gasteiger partial charge in [0.15, 0.2) is 0 Å². The summed E-state index contributed by atoms with van der Waals surface area (Å²) >= 11 is 1.80. The van der Waals surface area contributed by atoms with Crippen LogP contribution in [0.25, 0.3) is 0 Å². The van der Waals surface area contributed by atoms with Crippen LogP contribution in [0.4, 0.5) is 16.2 Å². The monoisotopic (exact) mass is 659 g/mol. The van der Waals surface area contributed by atoms with E-state index in [2.05, 4.69) is 67.0 Å². The molecule has 5 nitrogen and oxygen atoms in total. The molecule has 7 heteroatoms. The second-order valence-corrected chi connectivity index (χ2v) is 13.2. The summed E-state index contributed by atoms with van der Waals surface area (Å²) in [5, 5.41) is 8.06. The van der Waals surface area contributed by atoms with Gasteiger partial charge in [-0.1, -0.05) is 110 Å². The maximum absolute atomic E-state index is 12.7. The predicted octanol–water partition coefficient (Wildman–Crippen LogP) is 11.3. The van der Waals surface area contributed by atoms with Crippen molar-refractivity contribution in [1.82, 2.24) is 4.90 Å². The summed E-state index contributed by atoms with van der Waals surface area (Å²) in [6.07, 6.45) is 18.2. The second-order valence-electron chi connectivity index (χ2n) is 12.3. The van der Waals surface area contributed by atoms with Crippen LogP contribution in [0.3, 0.4) is 0 Å². The summed E-state index contributed by atoms with van der Waals surface area (Å²) in [6, 6.07) is 13.8. The largest absolute Gasteiger partial charge is 0.493 e. The molecule has 0 radical (unpaired) electrons. The number of benzene rings is 2. The fourth-order valence-electron chi connectivity index (χ4n) is 5.08. The van der Waals surface area contributed by atoms with Gasteiger partial charge in [0.05, 0.1) is 12.5 Å². The number of amides is 2. The number of nitrogens with zero attached hydrogens (tertiary/aromatic N) is 1. The van der Waals surface area contributed by atoms with Gasteiger partial charge in [-0.15, -0.1) is 28.7 Å². The zero-order valence-electron chi connectivity index (χ0n) is 26.4. The first kappa shape index (κ1) is 36.1. The Morgan fingerprint density at radius 3 is 1.98 bits per heavy atom. The first-order valence-electron chi connectivity index (χ1n) is 15.8. The van der Waals surface area contributed by atoms with Crippen molar-refractivity contribution in [2.24, 2.45) is 0 Å². The average molecular weight is 661 g/mol. The Labute approximate surface area is 270 Å². The van der Waals surface area contributed by atoms with E-state index < -0.39 is 0 Å². The fraction of sp³-hybridized carbons (Fsp3) is 0.571. The number of ether oxygens (including phenoxy) is 1. The maximum atomic E-state index is 12.7. The second kappa shape index (κ2) is 20.0. The number of carbonyl (C=O) groups is 1. The molecule has 2 aromatic rings. The summed E-state index contributed by atoms with van der Waals surface area (Å²) in [7, 11) is 0. The molecule has 0 atom stereocenters. The Bertz CT molecular complexity index is 1070. The van der Waals surface area contributed by atoms with E-state index in [0.29, 0.717) is 0 Å². The average Bonchev–Trinajstić information content (AvgIpc) is 3.45. The van der Waals surface area contributed by atoms with Crippen molar-refractivity contribution in [3.05, 3.63) is 65.2 Å². The highest BCUT2D eigenvalue weighted by atomic mass is 79.9. The third kappa shape index (κ3) is 13.9. The van der Waals surface area contributed by atoms with Crippen molar-refractivity contribution in [2.45, 2.75) is 117 Å². The molecule has 1 heterocycles. The minimum atomic E-state index is -0.248. The number of anilines is 2. The van der Waals surface area contributed by atoms with Crippen LogP contribution < -0.4 is 15.4 Å². The number of thioether (sulfide) groups is 1. The summed E-state index contributed by atoms with van der Waals surface area (Å²) in [5.41, 5.74) is 3.76. The van der Waals surface area contributed by atoms with Gasteiger partial charge in [-0.2, -0.15) is 0 Å². The van der Waals surface area contributed by atoms with E-state index in [1.165, 1.54) is 76.2 Å². The number of urea groups is 1. The van der Waals surface area contributed by atoms with E-state index >= 15 is 0 Å². The highest BCUT2D eigenvalue weighted by Gasteiger charge is 2.20. The molecule has 42 heavy (non-hydrogen) atoms. The van der Waals surface area contributed by atoms with Gasteiger partial charge in [-0.25, -0.2) is 4.79 Å². The van der Waals surface area contributed by atoms with Gasteiger partial charge in [0.2, 0.25) is 0 Å². The Morgan fingerprint density at radius 1 is 0.833 bits per heavy atom. The van der Waals surface area contributed by atoms with Gasteiger partial charge < -0.3 is 20.3 Å². The van der Waals surface area contributed by atoms with Gasteiger partial charge >= 0.3 is 6.03 Å². The number of nitrogens with one attached hydrogen (secondary N) is 2. The summed E-state index contributed by atoms with van der Waals surface area (Å²) in [4.78, 5) is 15.0. The first-order valence-corrected chi connectivity index (χ1v) is 16.9. The molecule has 234 valence electrons. The number of rotatable bonds is 18. The van der Waals surface area contributed by atoms with Crippen LogP contribution in [0.15, 0.2) is 54.1 Å². The van der Waals surface area contributed by atoms with Crippen molar-refractivity contribution in [3.8, 4) is 5.75 Å². The molecule has 0 bridgehead atoms. The van der Waals surface area contributed by atoms with E-state index in [4.69, 9.17) is 4.74 Å². The smallest absolute Gasteiger partial charge is 0.323 e. The highest BCUT2D eigenvalue weighted by molar-refractivity contribution is 8.93. The zero-order chi connectivity index (χ0) is 29.3. The lowest BCUT2D eigenvalue weighted by Crippen LogP contribution is -2.20. The van der Waals surface area contributed by atoms with E-state index in [9.17, 15) is 4.79 Å². The maximum Gasteiger partial charge on any atom is 0.323 e. The first-order chi connectivity index (χ1) is 19.8. The van der Waals surface area contributed by atoms with Crippen molar-refractivity contribution >= 4 is 46.1 Å². The lowest BCUT2D eigenvalue weighted by atomic mass is 9.86. The Morgan fingerprint density at radius 2 is 1.40 bits per heavy atom. The van der Waals surface area contributed by atoms with Crippen LogP contribution in [-0.4, -0.2) is 23.4 Å². The standard InChI is InChI=1S/C35H53N3O2S.BrH/c1-5-6-7-8-9-10-11-12-13-14-15-16-24-40-33-22-21-31(26-32(33)35(2,3)4)37-34(39)36-30-19-17-29(18-20-30)27-38-23-25-41-28-38;/h17-23,25-26H,5-16,24,27-28H2,1-4H3,(H2,36,37,39);1H. The molecular weight excluding hydrogens is 606 g/mol. The van der Waals surface area contributed by atoms with Gasteiger partial charge in [-0.3, -0.25) is 0 Å². The molecule has 0 saturated carbocycles. The van der Waals surface area contributed by atoms with Crippen LogP contribution in [0.5, 0.6) is 5.75 Å². The van der Waals surface area contributed by atoms with Crippen LogP contribution in [0, 0.1) is 0 Å². The molecule has 1 aliphatic rings. The SMILES string of the molecule is Br.CCCCCCCCCCCCCCOc1ccc(NC(=O)Nc2ccc(CN3C=CSC3)cc2)cc1C(C)(C)C. The van der Waals surface area contributed by atoms with Crippen LogP contribution in [0.1, 0.15) is 116 Å². The Balaban J connectivity index is 0.00000616. The molecule has 1 aliphatic heterocycles. The number of hydrogen-bond acceptors (Lipinski definition) is 4. The lowest BCUT2D eigenvalue weighted by Gasteiger charge is -2.24. The number of hydrogen-bond donors (Lipinski definition) is 2. The lowest BCUT2D eigenvalue weighted by molar-refractivity contribution is 0.262. The van der Waals surface area contributed by atoms with Crippen LogP contribution in [0.2, 0.25) is 0 Å². The topological polar surface area (TPSA) is 53.6 Å². The molecule has 2 aromatic carbocycles. The molecule has 0 unspecified atom stereocenters. The minimum absolute atomic E-state index is 0. The third-order valence-electron chi connectivity index (χ3n) is 7.51. The van der Waals surface area contributed by atoms with Gasteiger partial charge in [-0.05, 0) is 53.1 Å². The molecule has 0 fully saturated rings. The minimum Gasteiger partial charge on any atom is -0.493 e. The quantitative estimate of drug-likeness (QED) is 0.156. The molecule has 0 aliphatic carbocycles. The van der Waals surface area contributed by atoms with Crippen molar-refractivity contribution < 1.29 is 9.53 Å². The van der Waals surface area contributed by atoms with E-state index in [1.54, 1.807) is 11.8 Å². The predicted molar refractivity (Wildman–Crippen MR) is 188 cm³/mol. The van der Waals surface area contributed by atoms with Crippen molar-refractivity contribution in [1.29, 1.82) is 0 Å². The van der Waals surface area contributed by atoms with E-state index in [-0.39, 0.29) is 28.4 Å². The van der Waals surface area contributed by atoms with Gasteiger partial charge in [0.25, 0.3) is 0 Å². The zero-order valence-corrected chi connectivity index (χ0v) is 28.9. The van der Waals surface area contributed by atoms with Crippen LogP contribution in [-0.2, 0) is 12.0 Å². The number of carbonyl (C=O) groups excluding carboxylic acids is 1. The Kier molecular flexibility index (Phi) is 17.1. The third-order valence-corrected chi connectivity index (χ3v) is 8.30. The van der Waals surface area contributed by atoms with Crippen molar-refractivity contribution in [3.63, 3.8) is 0 Å². The number of halogens is 1. The molecular formula is C35H54BrN3O2S.